The Hall–Kier alpha value is -3.41. The predicted molar refractivity (Wildman–Crippen MR) is 122 cm³/mol. The van der Waals surface area contributed by atoms with E-state index in [1.165, 1.54) is 0 Å². The predicted octanol–water partition coefficient (Wildman–Crippen LogP) is 6.08. The first kappa shape index (κ1) is 20.8. The number of primary amides is 1. The SMILES string of the molecule is NC(=O)c1cc(F)c(C(=O)c2cccc3c2C=CC=CN3)c(-c2cccc(Cl)c2)c1Cl. The van der Waals surface area contributed by atoms with Crippen molar-refractivity contribution >= 4 is 46.7 Å². The van der Waals surface area contributed by atoms with E-state index in [9.17, 15) is 9.59 Å². The maximum absolute atomic E-state index is 15.3. The average molecular weight is 453 g/mol. The van der Waals surface area contributed by atoms with E-state index in [0.29, 0.717) is 21.8 Å². The highest BCUT2D eigenvalue weighted by Gasteiger charge is 2.27. The monoisotopic (exact) mass is 452 g/mol. The Balaban J connectivity index is 2.01. The first-order chi connectivity index (χ1) is 14.9. The fraction of sp³-hybridized carbons (Fsp3) is 0. The highest BCUT2D eigenvalue weighted by Crippen LogP contribution is 2.39. The molecule has 7 heteroatoms. The number of carbonyl (C=O) groups excluding carboxylic acids is 2. The lowest BCUT2D eigenvalue weighted by Gasteiger charge is -2.17. The van der Waals surface area contributed by atoms with Crippen LogP contribution in [0.15, 0.2) is 66.9 Å². The van der Waals surface area contributed by atoms with E-state index in [1.807, 2.05) is 6.07 Å². The van der Waals surface area contributed by atoms with Crippen molar-refractivity contribution in [1.29, 1.82) is 0 Å². The standard InChI is InChI=1S/C24H15Cl2FN2O2/c25-14-6-3-5-13(11-14)20-21(18(27)12-17(22(20)26)24(28)31)23(30)16-8-4-9-19-15(16)7-1-2-10-29-19/h1-12,29H,(H2,28,31). The highest BCUT2D eigenvalue weighted by atomic mass is 35.5. The van der Waals surface area contributed by atoms with Crippen LogP contribution in [0.25, 0.3) is 17.2 Å². The molecule has 0 radical (unpaired) electrons. The van der Waals surface area contributed by atoms with Crippen LogP contribution < -0.4 is 11.1 Å². The zero-order valence-corrected chi connectivity index (χ0v) is 17.5. The molecule has 0 unspecified atom stereocenters. The van der Waals surface area contributed by atoms with Crippen LogP contribution >= 0.6 is 23.2 Å². The molecule has 3 aromatic carbocycles. The fourth-order valence-electron chi connectivity index (χ4n) is 3.49. The molecule has 0 spiro atoms. The molecule has 4 nitrogen and oxygen atoms in total. The molecule has 0 bridgehead atoms. The van der Waals surface area contributed by atoms with Crippen LogP contribution in [0.3, 0.4) is 0 Å². The molecular formula is C24H15Cl2FN2O2. The van der Waals surface area contributed by atoms with E-state index in [-0.39, 0.29) is 27.3 Å². The lowest BCUT2D eigenvalue weighted by molar-refractivity contribution is 0.0995. The third-order valence-corrected chi connectivity index (χ3v) is 5.51. The summed E-state index contributed by atoms with van der Waals surface area (Å²) >= 11 is 12.6. The zero-order chi connectivity index (χ0) is 22.1. The highest BCUT2D eigenvalue weighted by molar-refractivity contribution is 6.38. The number of hydrogen-bond acceptors (Lipinski definition) is 3. The molecular weight excluding hydrogens is 438 g/mol. The number of anilines is 1. The molecule has 31 heavy (non-hydrogen) atoms. The van der Waals surface area contributed by atoms with Crippen molar-refractivity contribution < 1.29 is 14.0 Å². The lowest BCUT2D eigenvalue weighted by Crippen LogP contribution is -2.16. The second kappa shape index (κ2) is 8.38. The van der Waals surface area contributed by atoms with Gasteiger partial charge in [-0.3, -0.25) is 9.59 Å². The van der Waals surface area contributed by atoms with Crippen LogP contribution in [0.4, 0.5) is 10.1 Å². The first-order valence-corrected chi connectivity index (χ1v) is 9.99. The van der Waals surface area contributed by atoms with Gasteiger partial charge in [-0.25, -0.2) is 4.39 Å². The number of benzene rings is 3. The molecule has 1 aliphatic rings. The van der Waals surface area contributed by atoms with Crippen LogP contribution in [0, 0.1) is 5.82 Å². The molecule has 4 rings (SSSR count). The van der Waals surface area contributed by atoms with Crippen molar-refractivity contribution in [1.82, 2.24) is 0 Å². The average Bonchev–Trinajstić information content (AvgIpc) is 2.99. The smallest absolute Gasteiger partial charge is 0.250 e. The van der Waals surface area contributed by atoms with Gasteiger partial charge in [0.1, 0.15) is 5.82 Å². The van der Waals surface area contributed by atoms with E-state index in [4.69, 9.17) is 28.9 Å². The van der Waals surface area contributed by atoms with Gasteiger partial charge < -0.3 is 11.1 Å². The molecule has 0 aliphatic carbocycles. The summed E-state index contributed by atoms with van der Waals surface area (Å²) in [5, 5.41) is 3.33. The minimum absolute atomic E-state index is 0.0595. The molecule has 0 aromatic heterocycles. The summed E-state index contributed by atoms with van der Waals surface area (Å²) in [7, 11) is 0. The molecule has 1 amide bonds. The number of hydrogen-bond donors (Lipinski definition) is 2. The Morgan fingerprint density at radius 1 is 0.968 bits per heavy atom. The van der Waals surface area contributed by atoms with Crippen LogP contribution in [-0.4, -0.2) is 11.7 Å². The van der Waals surface area contributed by atoms with Crippen molar-refractivity contribution in [3.05, 3.63) is 105 Å². The second-order valence-electron chi connectivity index (χ2n) is 6.80. The summed E-state index contributed by atoms with van der Waals surface area (Å²) in [6.45, 7) is 0. The third-order valence-electron chi connectivity index (χ3n) is 4.88. The Labute approximate surface area is 187 Å². The first-order valence-electron chi connectivity index (χ1n) is 9.23. The fourth-order valence-corrected chi connectivity index (χ4v) is 4.03. The van der Waals surface area contributed by atoms with Gasteiger partial charge in [-0.05, 0) is 35.9 Å². The van der Waals surface area contributed by atoms with Crippen LogP contribution in [0.1, 0.15) is 31.8 Å². The van der Waals surface area contributed by atoms with Crippen molar-refractivity contribution in [3.8, 4) is 11.1 Å². The zero-order valence-electron chi connectivity index (χ0n) is 16.0. The topological polar surface area (TPSA) is 72.2 Å². The molecule has 0 saturated heterocycles. The number of ketones is 1. The molecule has 1 heterocycles. The number of nitrogens with two attached hydrogens (primary N) is 1. The van der Waals surface area contributed by atoms with Gasteiger partial charge in [-0.15, -0.1) is 0 Å². The summed E-state index contributed by atoms with van der Waals surface area (Å²) in [5.74, 6) is -2.40. The van der Waals surface area contributed by atoms with Gasteiger partial charge in [-0.2, -0.15) is 0 Å². The van der Waals surface area contributed by atoms with E-state index in [1.54, 1.807) is 60.8 Å². The summed E-state index contributed by atoms with van der Waals surface area (Å²) in [4.78, 5) is 25.5. The molecule has 0 saturated carbocycles. The van der Waals surface area contributed by atoms with Crippen LogP contribution in [-0.2, 0) is 0 Å². The minimum atomic E-state index is -0.905. The molecule has 3 aromatic rings. The number of nitrogens with one attached hydrogen (secondary N) is 1. The quantitative estimate of drug-likeness (QED) is 0.470. The van der Waals surface area contributed by atoms with E-state index in [0.717, 1.165) is 6.07 Å². The van der Waals surface area contributed by atoms with Crippen molar-refractivity contribution in [3.63, 3.8) is 0 Å². The van der Waals surface area contributed by atoms with Gasteiger partial charge in [0.2, 0.25) is 5.91 Å². The molecule has 0 fully saturated rings. The van der Waals surface area contributed by atoms with Crippen molar-refractivity contribution in [2.75, 3.05) is 5.32 Å². The Morgan fingerprint density at radius 2 is 1.74 bits per heavy atom. The normalized spacial score (nSPS) is 12.1. The Kier molecular flexibility index (Phi) is 5.63. The number of rotatable bonds is 4. The van der Waals surface area contributed by atoms with E-state index >= 15 is 4.39 Å². The summed E-state index contributed by atoms with van der Waals surface area (Å²) in [5.41, 5.74) is 6.91. The lowest BCUT2D eigenvalue weighted by atomic mass is 9.89. The van der Waals surface area contributed by atoms with E-state index in [2.05, 4.69) is 5.32 Å². The van der Waals surface area contributed by atoms with Crippen molar-refractivity contribution in [2.24, 2.45) is 5.73 Å². The number of carbonyl (C=O) groups is 2. The summed E-state index contributed by atoms with van der Waals surface area (Å²) in [6.07, 6.45) is 7.04. The summed E-state index contributed by atoms with van der Waals surface area (Å²) in [6, 6.07) is 12.5. The Morgan fingerprint density at radius 3 is 2.48 bits per heavy atom. The maximum Gasteiger partial charge on any atom is 0.250 e. The number of allylic oxidation sites excluding steroid dienone is 2. The Bertz CT molecular complexity index is 1300. The third kappa shape index (κ3) is 3.85. The largest absolute Gasteiger partial charge is 0.366 e. The van der Waals surface area contributed by atoms with Crippen LogP contribution in [0.5, 0.6) is 0 Å². The second-order valence-corrected chi connectivity index (χ2v) is 7.62. The van der Waals surface area contributed by atoms with Crippen molar-refractivity contribution in [2.45, 2.75) is 0 Å². The minimum Gasteiger partial charge on any atom is -0.366 e. The van der Waals surface area contributed by atoms with Gasteiger partial charge in [0.05, 0.1) is 16.1 Å². The maximum atomic E-state index is 15.3. The molecule has 3 N–H and O–H groups in total. The number of halogens is 3. The van der Waals surface area contributed by atoms with E-state index < -0.39 is 17.5 Å². The van der Waals surface area contributed by atoms with Gasteiger partial charge in [-0.1, -0.05) is 59.6 Å². The summed E-state index contributed by atoms with van der Waals surface area (Å²) < 4.78 is 15.3. The molecule has 154 valence electrons. The molecule has 1 aliphatic heterocycles. The van der Waals surface area contributed by atoms with Crippen LogP contribution in [0.2, 0.25) is 10.0 Å². The van der Waals surface area contributed by atoms with Gasteiger partial charge >= 0.3 is 0 Å². The van der Waals surface area contributed by atoms with Gasteiger partial charge in [0, 0.05) is 33.6 Å². The molecule has 0 atom stereocenters. The number of amides is 1. The van der Waals surface area contributed by atoms with Gasteiger partial charge in [0.25, 0.3) is 0 Å². The van der Waals surface area contributed by atoms with Gasteiger partial charge in [0.15, 0.2) is 5.78 Å². The number of fused-ring (bicyclic) bond motifs is 1.